The average molecular weight is 611 g/mol. The fraction of sp³-hybridized carbons (Fsp3) is 0. The molecule has 7 aromatic carbocycles. The first-order valence-electron chi connectivity index (χ1n) is 16.1. The van der Waals surface area contributed by atoms with Crippen LogP contribution in [0.3, 0.4) is 0 Å². The minimum absolute atomic E-state index is 1.01. The molecule has 3 aromatic heterocycles. The second-order valence-electron chi connectivity index (χ2n) is 12.4. The summed E-state index contributed by atoms with van der Waals surface area (Å²) in [5, 5.41) is 12.0. The highest BCUT2D eigenvalue weighted by Gasteiger charge is 2.17. The lowest BCUT2D eigenvalue weighted by Crippen LogP contribution is -1.92. The summed E-state index contributed by atoms with van der Waals surface area (Å²) in [6.45, 7) is 0. The van der Waals surface area contributed by atoms with Crippen molar-refractivity contribution >= 4 is 53.9 Å². The number of nitrogens with zero attached hydrogens (tertiary/aromatic N) is 4. The molecule has 48 heavy (non-hydrogen) atoms. The molecule has 0 aliphatic carbocycles. The van der Waals surface area contributed by atoms with E-state index in [4.69, 9.17) is 0 Å². The first-order valence-corrected chi connectivity index (χ1v) is 16.1. The zero-order chi connectivity index (χ0) is 31.6. The highest BCUT2D eigenvalue weighted by atomic mass is 14.8. The molecule has 0 saturated carbocycles. The highest BCUT2D eigenvalue weighted by Crippen LogP contribution is 2.44. The van der Waals surface area contributed by atoms with Crippen molar-refractivity contribution < 1.29 is 0 Å². The molecule has 0 fully saturated rings. The summed E-state index contributed by atoms with van der Waals surface area (Å²) in [6.07, 6.45) is 13.2. The summed E-state index contributed by atoms with van der Waals surface area (Å²) in [6, 6.07) is 41.9. The van der Waals surface area contributed by atoms with E-state index in [2.05, 4.69) is 135 Å². The van der Waals surface area contributed by atoms with Gasteiger partial charge in [0, 0.05) is 64.6 Å². The molecule has 0 atom stereocenters. The molecule has 0 radical (unpaired) electrons. The average Bonchev–Trinajstić information content (AvgIpc) is 3.16. The van der Waals surface area contributed by atoms with E-state index >= 15 is 0 Å². The molecule has 0 amide bonds. The Balaban J connectivity index is 1.27. The van der Waals surface area contributed by atoms with Gasteiger partial charge < -0.3 is 0 Å². The van der Waals surface area contributed by atoms with Crippen molar-refractivity contribution in [1.82, 2.24) is 19.9 Å². The van der Waals surface area contributed by atoms with Crippen LogP contribution in [0.5, 0.6) is 0 Å². The van der Waals surface area contributed by atoms with Crippen LogP contribution in [-0.2, 0) is 0 Å². The van der Waals surface area contributed by atoms with Crippen molar-refractivity contribution in [3.05, 3.63) is 159 Å². The van der Waals surface area contributed by atoms with E-state index in [1.807, 2.05) is 37.2 Å². The number of fused-ring (bicyclic) bond motifs is 2. The summed E-state index contributed by atoms with van der Waals surface area (Å²) in [7, 11) is 0. The minimum Gasteiger partial charge on any atom is -0.263 e. The molecule has 10 rings (SSSR count). The smallest absolute Gasteiger partial charge is 0.115 e. The summed E-state index contributed by atoms with van der Waals surface area (Å²) < 4.78 is 0. The Bertz CT molecular complexity index is 2730. The Morgan fingerprint density at radius 1 is 0.292 bits per heavy atom. The van der Waals surface area contributed by atoms with Gasteiger partial charge in [0.2, 0.25) is 0 Å². The standard InChI is InChI=1S/C44H26N4/c1-3-7-35-29(5-1)20-45-24-41(35)32-17-31(18-33(19-32)42-25-46-21-30-6-2-4-8-36(30)42)37-13-9-27-12-16-40-38(34-22-47-26-48-23-34)14-10-28-11-15-39(37)43(27)44(28)40/h1-26H. The van der Waals surface area contributed by atoms with E-state index in [0.29, 0.717) is 0 Å². The third-order valence-corrected chi connectivity index (χ3v) is 9.74. The van der Waals surface area contributed by atoms with Crippen molar-refractivity contribution in [1.29, 1.82) is 0 Å². The van der Waals surface area contributed by atoms with E-state index in [9.17, 15) is 0 Å². The van der Waals surface area contributed by atoms with E-state index in [0.717, 1.165) is 49.7 Å². The van der Waals surface area contributed by atoms with Gasteiger partial charge in [-0.05, 0) is 89.1 Å². The molecule has 0 unspecified atom stereocenters. The number of aromatic nitrogens is 4. The van der Waals surface area contributed by atoms with Crippen LogP contribution < -0.4 is 0 Å². The van der Waals surface area contributed by atoms with Gasteiger partial charge in [0.15, 0.2) is 0 Å². The monoisotopic (exact) mass is 610 g/mol. The number of rotatable bonds is 4. The largest absolute Gasteiger partial charge is 0.263 e. The van der Waals surface area contributed by atoms with Crippen LogP contribution in [0.25, 0.3) is 98.4 Å². The zero-order valence-corrected chi connectivity index (χ0v) is 25.8. The maximum absolute atomic E-state index is 4.66. The molecule has 3 heterocycles. The molecule has 0 aliphatic heterocycles. The van der Waals surface area contributed by atoms with Crippen molar-refractivity contribution in [3.8, 4) is 44.5 Å². The fourth-order valence-corrected chi connectivity index (χ4v) is 7.53. The van der Waals surface area contributed by atoms with E-state index < -0.39 is 0 Å². The zero-order valence-electron chi connectivity index (χ0n) is 25.8. The van der Waals surface area contributed by atoms with Crippen LogP contribution in [0.1, 0.15) is 0 Å². The third kappa shape index (κ3) is 4.10. The molecule has 4 heteroatoms. The second-order valence-corrected chi connectivity index (χ2v) is 12.4. The first-order chi connectivity index (χ1) is 23.8. The lowest BCUT2D eigenvalue weighted by Gasteiger charge is -2.18. The Morgan fingerprint density at radius 2 is 0.750 bits per heavy atom. The van der Waals surface area contributed by atoms with Crippen LogP contribution in [0.2, 0.25) is 0 Å². The van der Waals surface area contributed by atoms with Crippen molar-refractivity contribution in [2.75, 3.05) is 0 Å². The fourth-order valence-electron chi connectivity index (χ4n) is 7.53. The number of hydrogen-bond donors (Lipinski definition) is 0. The topological polar surface area (TPSA) is 51.6 Å². The Hall–Kier alpha value is -6.52. The predicted molar refractivity (Wildman–Crippen MR) is 198 cm³/mol. The Labute approximate surface area is 276 Å². The Morgan fingerprint density at radius 3 is 1.29 bits per heavy atom. The summed E-state index contributed by atoms with van der Waals surface area (Å²) in [5.41, 5.74) is 8.95. The van der Waals surface area contributed by atoms with Gasteiger partial charge in [-0.1, -0.05) is 97.1 Å². The number of pyridine rings is 2. The molecule has 4 nitrogen and oxygen atoms in total. The van der Waals surface area contributed by atoms with Crippen LogP contribution in [0.4, 0.5) is 0 Å². The van der Waals surface area contributed by atoms with Crippen molar-refractivity contribution in [2.45, 2.75) is 0 Å². The summed E-state index contributed by atoms with van der Waals surface area (Å²) in [5.74, 6) is 0. The molecule has 0 spiro atoms. The van der Waals surface area contributed by atoms with E-state index in [1.54, 1.807) is 6.33 Å². The maximum Gasteiger partial charge on any atom is 0.115 e. The summed E-state index contributed by atoms with van der Waals surface area (Å²) in [4.78, 5) is 17.9. The second kappa shape index (κ2) is 10.5. The van der Waals surface area contributed by atoms with Crippen LogP contribution in [-0.4, -0.2) is 19.9 Å². The minimum atomic E-state index is 1.01. The van der Waals surface area contributed by atoms with Gasteiger partial charge in [-0.2, -0.15) is 0 Å². The van der Waals surface area contributed by atoms with Crippen molar-refractivity contribution in [2.24, 2.45) is 0 Å². The van der Waals surface area contributed by atoms with Crippen LogP contribution in [0, 0.1) is 0 Å². The molecule has 222 valence electrons. The maximum atomic E-state index is 4.66. The lowest BCUT2D eigenvalue weighted by atomic mass is 9.86. The van der Waals surface area contributed by atoms with Crippen LogP contribution in [0.15, 0.2) is 159 Å². The van der Waals surface area contributed by atoms with Gasteiger partial charge in [-0.25, -0.2) is 9.97 Å². The lowest BCUT2D eigenvalue weighted by molar-refractivity contribution is 1.17. The molecule has 0 N–H and O–H groups in total. The quantitative estimate of drug-likeness (QED) is 0.186. The molecule has 0 aliphatic rings. The molecule has 0 saturated heterocycles. The SMILES string of the molecule is c1ccc2c(-c3cc(-c4cncc5ccccc45)cc(-c4ccc5ccc6c(-c7cncnc7)ccc7ccc4c5c76)c3)cncc2c1. The number of benzene rings is 7. The van der Waals surface area contributed by atoms with Crippen LogP contribution >= 0.6 is 0 Å². The summed E-state index contributed by atoms with van der Waals surface area (Å²) >= 11 is 0. The van der Waals surface area contributed by atoms with Crippen molar-refractivity contribution in [3.63, 3.8) is 0 Å². The van der Waals surface area contributed by atoms with E-state index in [1.165, 1.54) is 48.7 Å². The Kier molecular flexibility index (Phi) is 5.84. The van der Waals surface area contributed by atoms with Gasteiger partial charge in [0.1, 0.15) is 6.33 Å². The van der Waals surface area contributed by atoms with Gasteiger partial charge in [-0.15, -0.1) is 0 Å². The third-order valence-electron chi connectivity index (χ3n) is 9.74. The molecule has 0 bridgehead atoms. The van der Waals surface area contributed by atoms with Gasteiger partial charge >= 0.3 is 0 Å². The van der Waals surface area contributed by atoms with Gasteiger partial charge in [-0.3, -0.25) is 9.97 Å². The van der Waals surface area contributed by atoms with Gasteiger partial charge in [0.05, 0.1) is 0 Å². The molecular formula is C44H26N4. The van der Waals surface area contributed by atoms with Gasteiger partial charge in [0.25, 0.3) is 0 Å². The predicted octanol–water partition coefficient (Wildman–Crippen LogP) is 11.1. The normalized spacial score (nSPS) is 11.8. The van der Waals surface area contributed by atoms with E-state index in [-0.39, 0.29) is 0 Å². The first kappa shape index (κ1) is 26.7. The highest BCUT2D eigenvalue weighted by molar-refractivity contribution is 6.27. The molecule has 10 aromatic rings. The molecular weight excluding hydrogens is 585 g/mol. The number of hydrogen-bond acceptors (Lipinski definition) is 4.